The molecule has 1 amide bonds. The number of carbonyl (C=O) groups is 2. The number of thioether (sulfide) groups is 1. The van der Waals surface area contributed by atoms with Crippen molar-refractivity contribution in [3.05, 3.63) is 0 Å². The normalized spacial score (nSPS) is 12.1. The number of amides is 1. The lowest BCUT2D eigenvalue weighted by Gasteiger charge is -2.10. The maximum atomic E-state index is 11.4. The molecule has 0 spiro atoms. The number of carboxylic acids is 1. The van der Waals surface area contributed by atoms with Gasteiger partial charge in [0, 0.05) is 24.6 Å². The Morgan fingerprint density at radius 3 is 2.60 bits per heavy atom. The van der Waals surface area contributed by atoms with Crippen LogP contribution in [0.5, 0.6) is 0 Å². The minimum Gasteiger partial charge on any atom is -0.481 e. The molecule has 0 fully saturated rings. The van der Waals surface area contributed by atoms with E-state index in [0.717, 1.165) is 12.2 Å². The second-order valence-corrected chi connectivity index (χ2v) is 4.41. The Morgan fingerprint density at radius 2 is 2.07 bits per heavy atom. The molecule has 0 radical (unpaired) electrons. The number of carbonyl (C=O) groups excluding carboxylic acids is 1. The predicted octanol–water partition coefficient (Wildman–Crippen LogP) is 1.36. The first-order chi connectivity index (χ1) is 7.07. The Labute approximate surface area is 94.8 Å². The summed E-state index contributed by atoms with van der Waals surface area (Å²) in [5.74, 6) is 0.122. The second kappa shape index (κ2) is 8.59. The van der Waals surface area contributed by atoms with Crippen molar-refractivity contribution in [2.45, 2.75) is 26.2 Å². The first-order valence-corrected chi connectivity index (χ1v) is 6.45. The zero-order chi connectivity index (χ0) is 11.7. The van der Waals surface area contributed by atoms with Gasteiger partial charge in [0.1, 0.15) is 0 Å². The summed E-state index contributed by atoms with van der Waals surface area (Å²) in [6.45, 7) is 2.47. The zero-order valence-electron chi connectivity index (χ0n) is 9.28. The van der Waals surface area contributed by atoms with Gasteiger partial charge in [0.25, 0.3) is 0 Å². The van der Waals surface area contributed by atoms with Crippen LogP contribution in [0.1, 0.15) is 26.2 Å². The highest BCUT2D eigenvalue weighted by Crippen LogP contribution is 2.04. The van der Waals surface area contributed by atoms with Crippen LogP contribution in [0.15, 0.2) is 0 Å². The van der Waals surface area contributed by atoms with E-state index in [4.69, 9.17) is 5.11 Å². The number of unbranched alkanes of at least 4 members (excludes halogenated alkanes) is 1. The van der Waals surface area contributed by atoms with E-state index in [2.05, 4.69) is 5.32 Å². The maximum Gasteiger partial charge on any atom is 0.303 e. The van der Waals surface area contributed by atoms with Crippen molar-refractivity contribution < 1.29 is 14.7 Å². The largest absolute Gasteiger partial charge is 0.481 e. The SMILES string of the molecule is CSCC(C)C(=O)NCCCCC(=O)O. The number of rotatable bonds is 8. The van der Waals surface area contributed by atoms with Crippen LogP contribution in [0.25, 0.3) is 0 Å². The molecule has 0 rings (SSSR count). The molecule has 1 unspecified atom stereocenters. The molecule has 0 aliphatic rings. The van der Waals surface area contributed by atoms with E-state index in [1.165, 1.54) is 0 Å². The molecule has 0 saturated carbocycles. The average Bonchev–Trinajstić information content (AvgIpc) is 2.16. The highest BCUT2D eigenvalue weighted by Gasteiger charge is 2.10. The fourth-order valence-electron chi connectivity index (χ4n) is 1.11. The first kappa shape index (κ1) is 14.3. The van der Waals surface area contributed by atoms with Gasteiger partial charge in [-0.25, -0.2) is 0 Å². The zero-order valence-corrected chi connectivity index (χ0v) is 10.1. The first-order valence-electron chi connectivity index (χ1n) is 5.06. The number of hydrogen-bond donors (Lipinski definition) is 2. The molecule has 15 heavy (non-hydrogen) atoms. The van der Waals surface area contributed by atoms with Crippen LogP contribution in [-0.4, -0.2) is 35.5 Å². The van der Waals surface area contributed by atoms with Crippen LogP contribution in [0, 0.1) is 5.92 Å². The Kier molecular flexibility index (Phi) is 8.18. The van der Waals surface area contributed by atoms with Gasteiger partial charge in [-0.15, -0.1) is 0 Å². The fraction of sp³-hybridized carbons (Fsp3) is 0.800. The van der Waals surface area contributed by atoms with Crippen molar-refractivity contribution in [2.24, 2.45) is 5.92 Å². The monoisotopic (exact) mass is 233 g/mol. The summed E-state index contributed by atoms with van der Waals surface area (Å²) in [5.41, 5.74) is 0. The van der Waals surface area contributed by atoms with E-state index in [9.17, 15) is 9.59 Å². The van der Waals surface area contributed by atoms with Crippen molar-refractivity contribution in [3.63, 3.8) is 0 Å². The molecule has 88 valence electrons. The third-order valence-electron chi connectivity index (χ3n) is 1.98. The number of carboxylic acid groups (broad SMARTS) is 1. The van der Waals surface area contributed by atoms with Crippen LogP contribution in [-0.2, 0) is 9.59 Å². The lowest BCUT2D eigenvalue weighted by molar-refractivity contribution is -0.137. The molecule has 0 aliphatic heterocycles. The summed E-state index contributed by atoms with van der Waals surface area (Å²) >= 11 is 1.65. The van der Waals surface area contributed by atoms with Gasteiger partial charge in [0.15, 0.2) is 0 Å². The summed E-state index contributed by atoms with van der Waals surface area (Å²) in [5, 5.41) is 11.2. The van der Waals surface area contributed by atoms with Gasteiger partial charge in [-0.05, 0) is 19.1 Å². The molecule has 0 bridgehead atoms. The molecule has 0 aliphatic carbocycles. The Bertz CT molecular complexity index is 209. The van der Waals surface area contributed by atoms with Crippen molar-refractivity contribution in [3.8, 4) is 0 Å². The van der Waals surface area contributed by atoms with Gasteiger partial charge in [-0.3, -0.25) is 9.59 Å². The van der Waals surface area contributed by atoms with E-state index in [1.807, 2.05) is 13.2 Å². The van der Waals surface area contributed by atoms with E-state index >= 15 is 0 Å². The van der Waals surface area contributed by atoms with Crippen LogP contribution >= 0.6 is 11.8 Å². The summed E-state index contributed by atoms with van der Waals surface area (Å²) in [6.07, 6.45) is 3.49. The summed E-state index contributed by atoms with van der Waals surface area (Å²) in [4.78, 5) is 21.6. The Morgan fingerprint density at radius 1 is 1.40 bits per heavy atom. The highest BCUT2D eigenvalue weighted by atomic mass is 32.2. The summed E-state index contributed by atoms with van der Waals surface area (Å²) < 4.78 is 0. The molecule has 0 aromatic rings. The molecule has 0 saturated heterocycles. The van der Waals surface area contributed by atoms with E-state index in [-0.39, 0.29) is 18.2 Å². The van der Waals surface area contributed by atoms with E-state index < -0.39 is 5.97 Å². The Hall–Kier alpha value is -0.710. The van der Waals surface area contributed by atoms with Gasteiger partial charge < -0.3 is 10.4 Å². The topological polar surface area (TPSA) is 66.4 Å². The van der Waals surface area contributed by atoms with Gasteiger partial charge in [-0.1, -0.05) is 6.92 Å². The lowest BCUT2D eigenvalue weighted by atomic mass is 10.2. The van der Waals surface area contributed by atoms with Gasteiger partial charge >= 0.3 is 5.97 Å². The number of hydrogen-bond acceptors (Lipinski definition) is 3. The van der Waals surface area contributed by atoms with Crippen molar-refractivity contribution in [2.75, 3.05) is 18.6 Å². The van der Waals surface area contributed by atoms with E-state index in [1.54, 1.807) is 11.8 Å². The molecule has 0 aromatic heterocycles. The second-order valence-electron chi connectivity index (χ2n) is 3.50. The standard InChI is InChI=1S/C10H19NO3S/c1-8(7-15-2)10(14)11-6-4-3-5-9(12)13/h8H,3-7H2,1-2H3,(H,11,14)(H,12,13). The average molecular weight is 233 g/mol. The molecule has 4 nitrogen and oxygen atoms in total. The molecular weight excluding hydrogens is 214 g/mol. The quantitative estimate of drug-likeness (QED) is 0.621. The Balaban J connectivity index is 3.42. The third kappa shape index (κ3) is 8.30. The molecular formula is C10H19NO3S. The molecule has 0 heterocycles. The third-order valence-corrected chi connectivity index (χ3v) is 2.81. The van der Waals surface area contributed by atoms with Crippen LogP contribution in [0.3, 0.4) is 0 Å². The minimum absolute atomic E-state index is 0.0273. The van der Waals surface area contributed by atoms with Crippen LogP contribution < -0.4 is 5.32 Å². The van der Waals surface area contributed by atoms with E-state index in [0.29, 0.717) is 13.0 Å². The fourth-order valence-corrected chi connectivity index (χ4v) is 1.76. The summed E-state index contributed by atoms with van der Waals surface area (Å²) in [6, 6.07) is 0. The predicted molar refractivity (Wildman–Crippen MR) is 62.0 cm³/mol. The molecule has 2 N–H and O–H groups in total. The maximum absolute atomic E-state index is 11.4. The molecule has 5 heteroatoms. The molecule has 1 atom stereocenters. The van der Waals surface area contributed by atoms with Gasteiger partial charge in [0.2, 0.25) is 5.91 Å². The minimum atomic E-state index is -0.780. The van der Waals surface area contributed by atoms with Gasteiger partial charge in [-0.2, -0.15) is 11.8 Å². The van der Waals surface area contributed by atoms with Crippen LogP contribution in [0.2, 0.25) is 0 Å². The molecule has 0 aromatic carbocycles. The summed E-state index contributed by atoms with van der Waals surface area (Å²) in [7, 11) is 0. The highest BCUT2D eigenvalue weighted by molar-refractivity contribution is 7.98. The smallest absolute Gasteiger partial charge is 0.303 e. The number of nitrogens with one attached hydrogen (secondary N) is 1. The van der Waals surface area contributed by atoms with Crippen molar-refractivity contribution in [1.82, 2.24) is 5.32 Å². The van der Waals surface area contributed by atoms with Gasteiger partial charge in [0.05, 0.1) is 0 Å². The number of aliphatic carboxylic acids is 1. The van der Waals surface area contributed by atoms with Crippen molar-refractivity contribution >= 4 is 23.6 Å². The lowest BCUT2D eigenvalue weighted by Crippen LogP contribution is -2.31. The van der Waals surface area contributed by atoms with Crippen LogP contribution in [0.4, 0.5) is 0 Å². The van der Waals surface area contributed by atoms with Crippen molar-refractivity contribution in [1.29, 1.82) is 0 Å².